The van der Waals surface area contributed by atoms with Gasteiger partial charge in [-0.15, -0.1) is 13.2 Å². The Balaban J connectivity index is 0.00000117. The molecule has 0 aliphatic carbocycles. The zero-order chi connectivity index (χ0) is 18.9. The highest BCUT2D eigenvalue weighted by Crippen LogP contribution is 2.24. The summed E-state index contributed by atoms with van der Waals surface area (Å²) in [6.07, 6.45) is 5.60. The normalized spacial score (nSPS) is 9.69. The highest BCUT2D eigenvalue weighted by molar-refractivity contribution is 5.69. The molecule has 0 bridgehead atoms. The minimum atomic E-state index is 0.390. The maximum atomic E-state index is 9.39. The first-order valence-electron chi connectivity index (χ1n) is 8.42. The van der Waals surface area contributed by atoms with Crippen molar-refractivity contribution in [2.24, 2.45) is 0 Å². The molecule has 3 aromatic rings. The van der Waals surface area contributed by atoms with E-state index in [0.717, 1.165) is 35.1 Å². The summed E-state index contributed by atoms with van der Waals surface area (Å²) in [5.41, 5.74) is 4.29. The van der Waals surface area contributed by atoms with Gasteiger partial charge in [-0.1, -0.05) is 50.3 Å². The predicted molar refractivity (Wildman–Crippen MR) is 107 cm³/mol. The fourth-order valence-corrected chi connectivity index (χ4v) is 2.61. The van der Waals surface area contributed by atoms with Crippen LogP contribution in [0.25, 0.3) is 22.5 Å². The molecule has 0 unspecified atom stereocenters. The van der Waals surface area contributed by atoms with Crippen molar-refractivity contribution in [1.29, 1.82) is 5.26 Å². The Bertz CT molecular complexity index is 917. The van der Waals surface area contributed by atoms with Gasteiger partial charge in [0.15, 0.2) is 11.5 Å². The molecule has 0 radical (unpaired) electrons. The first kappa shape index (κ1) is 18.9. The van der Waals surface area contributed by atoms with E-state index in [0.29, 0.717) is 11.5 Å². The summed E-state index contributed by atoms with van der Waals surface area (Å²) in [4.78, 5) is 4.38. The van der Waals surface area contributed by atoms with Crippen LogP contribution in [0.2, 0.25) is 0 Å². The van der Waals surface area contributed by atoms with Crippen LogP contribution in [0.1, 0.15) is 31.0 Å². The van der Waals surface area contributed by atoms with Gasteiger partial charge >= 0.3 is 0 Å². The molecule has 0 atom stereocenters. The van der Waals surface area contributed by atoms with Crippen molar-refractivity contribution in [3.8, 4) is 23.0 Å². The van der Waals surface area contributed by atoms with E-state index in [4.69, 9.17) is 0 Å². The second-order valence-electron chi connectivity index (χ2n) is 5.57. The molecule has 3 rings (SSSR count). The van der Waals surface area contributed by atoms with Gasteiger partial charge < -0.3 is 0 Å². The number of benzene rings is 1. The summed E-state index contributed by atoms with van der Waals surface area (Å²) in [6, 6.07) is 15.9. The lowest BCUT2D eigenvalue weighted by Crippen LogP contribution is -1.99. The quantitative estimate of drug-likeness (QED) is 0.582. The first-order chi connectivity index (χ1) is 12.7. The second-order valence-corrected chi connectivity index (χ2v) is 5.57. The van der Waals surface area contributed by atoms with Crippen molar-refractivity contribution in [2.75, 3.05) is 0 Å². The maximum absolute atomic E-state index is 9.39. The Hall–Kier alpha value is -3.45. The number of rotatable bonds is 5. The molecular formula is C22H22N4. The lowest BCUT2D eigenvalue weighted by molar-refractivity contribution is 0.840. The van der Waals surface area contributed by atoms with Crippen LogP contribution in [0.3, 0.4) is 0 Å². The van der Waals surface area contributed by atoms with Crippen molar-refractivity contribution >= 4 is 5.57 Å². The van der Waals surface area contributed by atoms with Crippen LogP contribution in [-0.2, 0) is 0 Å². The van der Waals surface area contributed by atoms with Crippen LogP contribution in [0, 0.1) is 11.3 Å². The van der Waals surface area contributed by atoms with E-state index in [-0.39, 0.29) is 0 Å². The van der Waals surface area contributed by atoms with Gasteiger partial charge in [-0.2, -0.15) is 10.4 Å². The minimum Gasteiger partial charge on any atom is -0.237 e. The second kappa shape index (κ2) is 9.14. The largest absolute Gasteiger partial charge is 0.237 e. The van der Waals surface area contributed by atoms with Gasteiger partial charge in [-0.05, 0) is 35.3 Å². The molecule has 0 fully saturated rings. The Morgan fingerprint density at radius 1 is 1.19 bits per heavy atom. The molecular weight excluding hydrogens is 320 g/mol. The van der Waals surface area contributed by atoms with E-state index in [2.05, 4.69) is 42.8 Å². The molecule has 0 aliphatic rings. The van der Waals surface area contributed by atoms with E-state index in [1.807, 2.05) is 48.7 Å². The zero-order valence-electron chi connectivity index (χ0n) is 15.0. The van der Waals surface area contributed by atoms with Crippen molar-refractivity contribution < 1.29 is 0 Å². The van der Waals surface area contributed by atoms with Crippen molar-refractivity contribution in [2.45, 2.75) is 19.8 Å². The molecule has 0 spiro atoms. The van der Waals surface area contributed by atoms with Crippen LogP contribution >= 0.6 is 0 Å². The Morgan fingerprint density at radius 2 is 1.92 bits per heavy atom. The van der Waals surface area contributed by atoms with E-state index < -0.39 is 0 Å². The molecule has 26 heavy (non-hydrogen) atoms. The van der Waals surface area contributed by atoms with Gasteiger partial charge in [0.2, 0.25) is 0 Å². The van der Waals surface area contributed by atoms with E-state index >= 15 is 0 Å². The van der Waals surface area contributed by atoms with E-state index in [1.54, 1.807) is 10.9 Å². The summed E-state index contributed by atoms with van der Waals surface area (Å²) >= 11 is 0. The monoisotopic (exact) mass is 342 g/mol. The minimum absolute atomic E-state index is 0.390. The zero-order valence-corrected chi connectivity index (χ0v) is 15.0. The number of nitriles is 1. The number of nitrogens with zero attached hydrogens (tertiary/aromatic N) is 4. The highest BCUT2D eigenvalue weighted by Gasteiger charge is 2.12. The third-order valence-electron chi connectivity index (χ3n) is 3.85. The van der Waals surface area contributed by atoms with Crippen LogP contribution in [0.5, 0.6) is 0 Å². The summed E-state index contributed by atoms with van der Waals surface area (Å²) in [5, 5.41) is 13.8. The number of pyridine rings is 1. The SMILES string of the molecule is C=C.C=C(CCC)c1ccnc(-n2cc(-c3ccccc3)c(C#N)n2)c1. The fraction of sp³-hybridized carbons (Fsp3) is 0.136. The maximum Gasteiger partial charge on any atom is 0.170 e. The standard InChI is InChI=1S/C20H18N4.C2H4/c1-3-7-15(2)17-10-11-22-20(12-17)24-14-18(19(13-21)23-24)16-8-5-4-6-9-16;1-2/h4-6,8-12,14H,2-3,7H2,1H3;1-2H2. The average Bonchev–Trinajstić information content (AvgIpc) is 3.15. The molecule has 1 aromatic carbocycles. The summed E-state index contributed by atoms with van der Waals surface area (Å²) in [6.45, 7) is 12.3. The molecule has 4 nitrogen and oxygen atoms in total. The number of hydrogen-bond donors (Lipinski definition) is 0. The Morgan fingerprint density at radius 3 is 2.58 bits per heavy atom. The van der Waals surface area contributed by atoms with Gasteiger partial charge in [0.1, 0.15) is 6.07 Å². The van der Waals surface area contributed by atoms with Gasteiger partial charge in [0, 0.05) is 18.0 Å². The third kappa shape index (κ3) is 4.14. The molecule has 2 aromatic heterocycles. The van der Waals surface area contributed by atoms with Crippen LogP contribution < -0.4 is 0 Å². The molecule has 4 heteroatoms. The molecule has 2 heterocycles. The van der Waals surface area contributed by atoms with E-state index in [9.17, 15) is 5.26 Å². The van der Waals surface area contributed by atoms with E-state index in [1.165, 1.54) is 0 Å². The summed E-state index contributed by atoms with van der Waals surface area (Å²) in [7, 11) is 0. The number of aromatic nitrogens is 3. The molecule has 0 amide bonds. The van der Waals surface area contributed by atoms with Crippen LogP contribution in [-0.4, -0.2) is 14.8 Å². The molecule has 0 N–H and O–H groups in total. The smallest absolute Gasteiger partial charge is 0.170 e. The Kier molecular flexibility index (Phi) is 6.64. The molecule has 0 aliphatic heterocycles. The van der Waals surface area contributed by atoms with Gasteiger partial charge in [0.25, 0.3) is 0 Å². The molecule has 0 saturated carbocycles. The van der Waals surface area contributed by atoms with Crippen LogP contribution in [0.15, 0.2) is 74.6 Å². The molecule has 0 saturated heterocycles. The number of allylic oxidation sites excluding steroid dienone is 1. The van der Waals surface area contributed by atoms with Gasteiger partial charge in [0.05, 0.1) is 0 Å². The van der Waals surface area contributed by atoms with Gasteiger partial charge in [-0.25, -0.2) is 9.67 Å². The molecule has 130 valence electrons. The predicted octanol–water partition coefficient (Wildman–Crippen LogP) is 5.42. The third-order valence-corrected chi connectivity index (χ3v) is 3.85. The Labute approximate surface area is 154 Å². The van der Waals surface area contributed by atoms with Crippen molar-refractivity contribution in [3.63, 3.8) is 0 Å². The lowest BCUT2D eigenvalue weighted by Gasteiger charge is -2.06. The summed E-state index contributed by atoms with van der Waals surface area (Å²) in [5.74, 6) is 0.684. The van der Waals surface area contributed by atoms with Crippen molar-refractivity contribution in [3.05, 3.63) is 85.9 Å². The van der Waals surface area contributed by atoms with Crippen LogP contribution in [0.4, 0.5) is 0 Å². The lowest BCUT2D eigenvalue weighted by atomic mass is 10.0. The first-order valence-corrected chi connectivity index (χ1v) is 8.42. The van der Waals surface area contributed by atoms with Gasteiger partial charge in [-0.3, -0.25) is 0 Å². The summed E-state index contributed by atoms with van der Waals surface area (Å²) < 4.78 is 1.66. The number of hydrogen-bond acceptors (Lipinski definition) is 3. The highest BCUT2D eigenvalue weighted by atomic mass is 15.3. The van der Waals surface area contributed by atoms with Crippen molar-refractivity contribution in [1.82, 2.24) is 14.8 Å². The fourth-order valence-electron chi connectivity index (χ4n) is 2.61. The topological polar surface area (TPSA) is 54.5 Å². The average molecular weight is 342 g/mol.